The Balaban J connectivity index is 3.16. The van der Waals surface area contributed by atoms with E-state index in [0.717, 1.165) is 5.37 Å². The van der Waals surface area contributed by atoms with Crippen molar-refractivity contribution in [2.24, 2.45) is 0 Å². The van der Waals surface area contributed by atoms with E-state index >= 15 is 0 Å². The van der Waals surface area contributed by atoms with Gasteiger partial charge >= 0.3 is 0 Å². The van der Waals surface area contributed by atoms with E-state index in [4.69, 9.17) is 0 Å². The zero-order valence-electron chi connectivity index (χ0n) is 8.61. The van der Waals surface area contributed by atoms with Crippen LogP contribution in [0.5, 0.6) is 0 Å². The van der Waals surface area contributed by atoms with Crippen LogP contribution in [-0.4, -0.2) is 30.1 Å². The minimum Gasteiger partial charge on any atom is -0.296 e. The summed E-state index contributed by atoms with van der Waals surface area (Å²) >= 11 is 4.59. The van der Waals surface area contributed by atoms with Gasteiger partial charge in [0.15, 0.2) is 5.78 Å². The Morgan fingerprint density at radius 1 is 1.47 bits per heavy atom. The largest absolute Gasteiger partial charge is 0.296 e. The summed E-state index contributed by atoms with van der Waals surface area (Å²) in [6.07, 6.45) is 0. The molecule has 0 aliphatic carbocycles. The van der Waals surface area contributed by atoms with Gasteiger partial charge in [0.05, 0.1) is 0 Å². The van der Waals surface area contributed by atoms with Crippen molar-refractivity contribution in [3.63, 3.8) is 0 Å². The van der Waals surface area contributed by atoms with Crippen molar-refractivity contribution in [3.8, 4) is 0 Å². The molecule has 0 spiro atoms. The van der Waals surface area contributed by atoms with Crippen LogP contribution in [-0.2, 0) is 4.79 Å². The molecule has 15 heavy (non-hydrogen) atoms. The van der Waals surface area contributed by atoms with E-state index in [9.17, 15) is 9.18 Å². The summed E-state index contributed by atoms with van der Waals surface area (Å²) in [5.74, 6) is -0.665. The fourth-order valence-electron chi connectivity index (χ4n) is 1.45. The maximum atomic E-state index is 13.5. The Morgan fingerprint density at radius 3 is 2.53 bits per heavy atom. The molecule has 2 nitrogen and oxygen atoms in total. The van der Waals surface area contributed by atoms with Gasteiger partial charge in [0.1, 0.15) is 11.9 Å². The third-order valence-electron chi connectivity index (χ3n) is 2.10. The van der Waals surface area contributed by atoms with Gasteiger partial charge in [-0.15, -0.1) is 0 Å². The first-order chi connectivity index (χ1) is 7.07. The van der Waals surface area contributed by atoms with E-state index < -0.39 is 6.04 Å². The second-order valence-corrected chi connectivity index (χ2v) is 3.64. The monoisotopic (exact) mass is 225 g/mol. The molecule has 0 aromatic heterocycles. The summed E-state index contributed by atoms with van der Waals surface area (Å²) in [4.78, 5) is 13.2. The summed E-state index contributed by atoms with van der Waals surface area (Å²) in [6, 6.07) is 5.59. The molecule has 0 amide bonds. The maximum Gasteiger partial charge on any atom is 0.188 e. The van der Waals surface area contributed by atoms with Crippen LogP contribution in [0.3, 0.4) is 0 Å². The van der Waals surface area contributed by atoms with E-state index in [2.05, 4.69) is 12.2 Å². The van der Waals surface area contributed by atoms with E-state index in [1.807, 2.05) is 0 Å². The molecule has 0 N–H and O–H groups in total. The molecule has 4 heteroatoms. The first-order valence-electron chi connectivity index (χ1n) is 4.47. The Bertz CT molecular complexity index is 379. The fourth-order valence-corrected chi connectivity index (χ4v) is 1.58. The van der Waals surface area contributed by atoms with Gasteiger partial charge in [-0.3, -0.25) is 9.69 Å². The van der Waals surface area contributed by atoms with Crippen LogP contribution in [0.15, 0.2) is 24.3 Å². The van der Waals surface area contributed by atoms with E-state index in [1.165, 1.54) is 6.07 Å². The Hall–Kier alpha value is -1.13. The van der Waals surface area contributed by atoms with Crippen LogP contribution >= 0.6 is 12.2 Å². The lowest BCUT2D eigenvalue weighted by Crippen LogP contribution is -2.28. The van der Waals surface area contributed by atoms with Crippen LogP contribution in [0.4, 0.5) is 4.39 Å². The second-order valence-electron chi connectivity index (χ2n) is 3.41. The van der Waals surface area contributed by atoms with Crippen molar-refractivity contribution in [2.45, 2.75) is 6.04 Å². The van der Waals surface area contributed by atoms with Crippen molar-refractivity contribution in [1.29, 1.82) is 0 Å². The third-order valence-corrected chi connectivity index (χ3v) is 2.33. The average Bonchev–Trinajstić information content (AvgIpc) is 2.20. The van der Waals surface area contributed by atoms with Crippen LogP contribution < -0.4 is 0 Å². The number of carbonyl (C=O) groups is 1. The number of hydrogen-bond donors (Lipinski definition) is 0. The van der Waals surface area contributed by atoms with Gasteiger partial charge in [0, 0.05) is 10.9 Å². The number of benzene rings is 1. The topological polar surface area (TPSA) is 20.3 Å². The number of likely N-dealkylation sites (N-methyl/N-ethyl adjacent to an activating group) is 1. The van der Waals surface area contributed by atoms with Crippen LogP contribution in [0, 0.1) is 5.82 Å². The van der Waals surface area contributed by atoms with E-state index in [0.29, 0.717) is 5.56 Å². The number of hydrogen-bond acceptors (Lipinski definition) is 3. The van der Waals surface area contributed by atoms with Gasteiger partial charge in [-0.05, 0) is 20.2 Å². The predicted octanol–water partition coefficient (Wildman–Crippen LogP) is 2.00. The smallest absolute Gasteiger partial charge is 0.188 e. The Morgan fingerprint density at radius 2 is 2.07 bits per heavy atom. The maximum absolute atomic E-state index is 13.5. The van der Waals surface area contributed by atoms with Gasteiger partial charge in [0.2, 0.25) is 0 Å². The van der Waals surface area contributed by atoms with Gasteiger partial charge in [-0.2, -0.15) is 0 Å². The number of carbonyl (C=O) groups excluding carboxylic acids is 1. The second kappa shape index (κ2) is 5.09. The highest BCUT2D eigenvalue weighted by molar-refractivity contribution is 7.80. The van der Waals surface area contributed by atoms with Gasteiger partial charge < -0.3 is 0 Å². The Labute approximate surface area is 93.7 Å². The fraction of sp³-hybridized carbons (Fsp3) is 0.273. The lowest BCUT2D eigenvalue weighted by Gasteiger charge is -2.22. The minimum atomic E-state index is -0.635. The molecule has 0 heterocycles. The highest BCUT2D eigenvalue weighted by Gasteiger charge is 2.23. The molecule has 0 aliphatic rings. The molecule has 0 fully saturated rings. The molecule has 0 saturated carbocycles. The molecular weight excluding hydrogens is 213 g/mol. The summed E-state index contributed by atoms with van der Waals surface area (Å²) in [5.41, 5.74) is 0.355. The van der Waals surface area contributed by atoms with Gasteiger partial charge in [0.25, 0.3) is 0 Å². The van der Waals surface area contributed by atoms with E-state index in [-0.39, 0.29) is 11.6 Å². The zero-order valence-corrected chi connectivity index (χ0v) is 9.42. The lowest BCUT2D eigenvalue weighted by atomic mass is 10.0. The van der Waals surface area contributed by atoms with Crippen LogP contribution in [0.2, 0.25) is 0 Å². The molecule has 0 saturated heterocycles. The molecule has 1 aromatic carbocycles. The Kier molecular flexibility index (Phi) is 4.05. The number of ketones is 1. The molecule has 1 rings (SSSR count). The number of rotatable bonds is 4. The predicted molar refractivity (Wildman–Crippen MR) is 61.5 cm³/mol. The zero-order chi connectivity index (χ0) is 11.4. The number of thiocarbonyl (C=S) groups is 1. The van der Waals surface area contributed by atoms with E-state index in [1.54, 1.807) is 37.2 Å². The SMILES string of the molecule is CN(C)[C@@H](C(=O)C=S)c1ccccc1F. The third kappa shape index (κ3) is 2.67. The number of halogens is 1. The first kappa shape index (κ1) is 11.9. The van der Waals surface area contributed by atoms with Crippen molar-refractivity contribution in [2.75, 3.05) is 14.1 Å². The van der Waals surface area contributed by atoms with Crippen LogP contribution in [0.1, 0.15) is 11.6 Å². The quantitative estimate of drug-likeness (QED) is 0.731. The molecule has 80 valence electrons. The molecular formula is C11H12FNOS. The van der Waals surface area contributed by atoms with Crippen LogP contribution in [0.25, 0.3) is 0 Å². The molecule has 1 atom stereocenters. The van der Waals surface area contributed by atoms with Crippen molar-refractivity contribution in [3.05, 3.63) is 35.6 Å². The van der Waals surface area contributed by atoms with Gasteiger partial charge in [-0.1, -0.05) is 30.4 Å². The van der Waals surface area contributed by atoms with Crippen molar-refractivity contribution >= 4 is 23.4 Å². The van der Waals surface area contributed by atoms with Gasteiger partial charge in [-0.25, -0.2) is 4.39 Å². The number of Topliss-reactive ketones (excluding diaryl/α,β-unsaturated/α-hetero) is 1. The minimum absolute atomic E-state index is 0.278. The normalized spacial score (nSPS) is 12.5. The standard InChI is InChI=1S/C11H12FNOS/c1-13(2)11(10(14)7-15)8-5-3-4-6-9(8)12/h3-7,11H,1-2H3/t11-/m1/s1. The summed E-state index contributed by atoms with van der Waals surface area (Å²) in [5, 5.41) is 1.05. The highest BCUT2D eigenvalue weighted by Crippen LogP contribution is 2.21. The average molecular weight is 225 g/mol. The number of nitrogens with zero attached hydrogens (tertiary/aromatic N) is 1. The van der Waals surface area contributed by atoms with Crippen molar-refractivity contribution < 1.29 is 9.18 Å². The van der Waals surface area contributed by atoms with Crippen molar-refractivity contribution in [1.82, 2.24) is 4.90 Å². The first-order valence-corrected chi connectivity index (χ1v) is 4.95. The molecule has 0 unspecified atom stereocenters. The molecule has 0 bridgehead atoms. The summed E-state index contributed by atoms with van der Waals surface area (Å²) < 4.78 is 13.5. The highest BCUT2D eigenvalue weighted by atomic mass is 32.1. The molecule has 1 aromatic rings. The lowest BCUT2D eigenvalue weighted by molar-refractivity contribution is -0.116. The summed E-state index contributed by atoms with van der Waals surface area (Å²) in [7, 11) is 3.43. The molecule has 0 radical (unpaired) electrons. The molecule has 0 aliphatic heterocycles. The summed E-state index contributed by atoms with van der Waals surface area (Å²) in [6.45, 7) is 0.